The van der Waals surface area contributed by atoms with Crippen LogP contribution in [0.1, 0.15) is 11.5 Å². The molecule has 2 rings (SSSR count). The van der Waals surface area contributed by atoms with Crippen molar-refractivity contribution in [2.75, 3.05) is 13.7 Å². The van der Waals surface area contributed by atoms with Gasteiger partial charge < -0.3 is 9.84 Å². The number of hydrogen-bond acceptors (Lipinski definition) is 4. The van der Waals surface area contributed by atoms with Gasteiger partial charge in [-0.25, -0.2) is 9.97 Å². The number of aliphatic hydroxyl groups is 1. The standard InChI is InChI=1S/C14H16N2O2/c1-10-8-13(16-14(15-10)6-7-17)11-4-3-5-12(9-11)18-2/h3-5,8-9,17H,6-7H2,1-2H3. The van der Waals surface area contributed by atoms with E-state index in [-0.39, 0.29) is 6.61 Å². The predicted octanol–water partition coefficient (Wildman–Crippen LogP) is 2.00. The highest BCUT2D eigenvalue weighted by Crippen LogP contribution is 2.22. The van der Waals surface area contributed by atoms with Crippen LogP contribution in [0, 0.1) is 6.92 Å². The summed E-state index contributed by atoms with van der Waals surface area (Å²) in [6, 6.07) is 9.66. The number of hydrogen-bond donors (Lipinski definition) is 1. The fourth-order valence-corrected chi connectivity index (χ4v) is 1.77. The molecule has 0 spiro atoms. The molecule has 4 nitrogen and oxygen atoms in total. The number of aryl methyl sites for hydroxylation is 1. The monoisotopic (exact) mass is 244 g/mol. The number of methoxy groups -OCH3 is 1. The summed E-state index contributed by atoms with van der Waals surface area (Å²) in [6.07, 6.45) is 0.471. The third-order valence-corrected chi connectivity index (χ3v) is 2.60. The summed E-state index contributed by atoms with van der Waals surface area (Å²) < 4.78 is 5.20. The van der Waals surface area contributed by atoms with Crippen molar-refractivity contribution in [1.82, 2.24) is 9.97 Å². The quantitative estimate of drug-likeness (QED) is 0.893. The van der Waals surface area contributed by atoms with Gasteiger partial charge >= 0.3 is 0 Å². The molecule has 0 bridgehead atoms. The minimum Gasteiger partial charge on any atom is -0.497 e. The van der Waals surface area contributed by atoms with Crippen molar-refractivity contribution >= 4 is 0 Å². The summed E-state index contributed by atoms with van der Waals surface area (Å²) in [7, 11) is 1.64. The fraction of sp³-hybridized carbons (Fsp3) is 0.286. The average Bonchev–Trinajstić information content (AvgIpc) is 2.38. The zero-order chi connectivity index (χ0) is 13.0. The first-order chi connectivity index (χ1) is 8.72. The molecule has 0 fully saturated rings. The van der Waals surface area contributed by atoms with E-state index >= 15 is 0 Å². The Balaban J connectivity index is 2.42. The lowest BCUT2D eigenvalue weighted by Gasteiger charge is -2.07. The van der Waals surface area contributed by atoms with Gasteiger partial charge in [0.2, 0.25) is 0 Å². The molecule has 0 saturated heterocycles. The van der Waals surface area contributed by atoms with Crippen molar-refractivity contribution in [3.63, 3.8) is 0 Å². The van der Waals surface area contributed by atoms with Gasteiger partial charge in [-0.3, -0.25) is 0 Å². The minimum absolute atomic E-state index is 0.0566. The molecule has 0 aliphatic carbocycles. The minimum atomic E-state index is 0.0566. The summed E-state index contributed by atoms with van der Waals surface area (Å²) in [5.41, 5.74) is 2.73. The summed E-state index contributed by atoms with van der Waals surface area (Å²) in [4.78, 5) is 8.73. The van der Waals surface area contributed by atoms with Crippen molar-refractivity contribution < 1.29 is 9.84 Å². The SMILES string of the molecule is COc1cccc(-c2cc(C)nc(CCO)n2)c1. The van der Waals surface area contributed by atoms with Gasteiger partial charge in [0, 0.05) is 17.7 Å². The Hall–Kier alpha value is -1.94. The molecule has 0 aliphatic heterocycles. The zero-order valence-electron chi connectivity index (χ0n) is 10.6. The molecule has 1 aromatic heterocycles. The van der Waals surface area contributed by atoms with Crippen LogP contribution in [0.3, 0.4) is 0 Å². The van der Waals surface area contributed by atoms with Gasteiger partial charge in [-0.1, -0.05) is 12.1 Å². The van der Waals surface area contributed by atoms with Gasteiger partial charge in [-0.05, 0) is 25.1 Å². The molecule has 0 unspecified atom stereocenters. The fourth-order valence-electron chi connectivity index (χ4n) is 1.77. The molecular weight excluding hydrogens is 228 g/mol. The Morgan fingerprint density at radius 1 is 1.22 bits per heavy atom. The maximum absolute atomic E-state index is 8.95. The second kappa shape index (κ2) is 5.60. The van der Waals surface area contributed by atoms with Crippen LogP contribution < -0.4 is 4.74 Å². The van der Waals surface area contributed by atoms with Crippen molar-refractivity contribution in [3.05, 3.63) is 41.9 Å². The first-order valence-electron chi connectivity index (χ1n) is 5.83. The van der Waals surface area contributed by atoms with Gasteiger partial charge in [-0.2, -0.15) is 0 Å². The molecule has 1 heterocycles. The smallest absolute Gasteiger partial charge is 0.131 e. The van der Waals surface area contributed by atoms with Gasteiger partial charge in [0.15, 0.2) is 0 Å². The summed E-state index contributed by atoms with van der Waals surface area (Å²) in [6.45, 7) is 1.98. The van der Waals surface area contributed by atoms with Crippen LogP contribution in [0.5, 0.6) is 5.75 Å². The lowest BCUT2D eigenvalue weighted by atomic mass is 10.1. The van der Waals surface area contributed by atoms with Gasteiger partial charge in [0.05, 0.1) is 19.4 Å². The third-order valence-electron chi connectivity index (χ3n) is 2.60. The topological polar surface area (TPSA) is 55.2 Å². The number of aromatic nitrogens is 2. The van der Waals surface area contributed by atoms with Gasteiger partial charge in [0.25, 0.3) is 0 Å². The van der Waals surface area contributed by atoms with Crippen molar-refractivity contribution in [2.45, 2.75) is 13.3 Å². The molecule has 1 aromatic carbocycles. The Morgan fingerprint density at radius 2 is 2.06 bits per heavy atom. The van der Waals surface area contributed by atoms with E-state index in [4.69, 9.17) is 9.84 Å². The van der Waals surface area contributed by atoms with Crippen molar-refractivity contribution in [2.24, 2.45) is 0 Å². The second-order valence-corrected chi connectivity index (χ2v) is 4.02. The molecule has 1 N–H and O–H groups in total. The third kappa shape index (κ3) is 2.84. The van der Waals surface area contributed by atoms with E-state index in [2.05, 4.69) is 9.97 Å². The Kier molecular flexibility index (Phi) is 3.89. The van der Waals surface area contributed by atoms with E-state index < -0.39 is 0 Å². The molecule has 0 radical (unpaired) electrons. The number of benzene rings is 1. The molecule has 18 heavy (non-hydrogen) atoms. The molecule has 94 valence electrons. The Morgan fingerprint density at radius 3 is 2.78 bits per heavy atom. The highest BCUT2D eigenvalue weighted by Gasteiger charge is 2.05. The van der Waals surface area contributed by atoms with E-state index in [9.17, 15) is 0 Å². The number of ether oxygens (including phenoxy) is 1. The largest absolute Gasteiger partial charge is 0.497 e. The second-order valence-electron chi connectivity index (χ2n) is 4.02. The molecular formula is C14H16N2O2. The van der Waals surface area contributed by atoms with Crippen LogP contribution in [0.4, 0.5) is 0 Å². The lowest BCUT2D eigenvalue weighted by molar-refractivity contribution is 0.296. The highest BCUT2D eigenvalue weighted by molar-refractivity contribution is 5.61. The first kappa shape index (κ1) is 12.5. The molecule has 4 heteroatoms. The predicted molar refractivity (Wildman–Crippen MR) is 69.5 cm³/mol. The van der Waals surface area contributed by atoms with Crippen LogP contribution in [-0.2, 0) is 6.42 Å². The number of nitrogens with zero attached hydrogens (tertiary/aromatic N) is 2. The van der Waals surface area contributed by atoms with Crippen LogP contribution >= 0.6 is 0 Å². The molecule has 0 atom stereocenters. The van der Waals surface area contributed by atoms with E-state index in [0.29, 0.717) is 12.2 Å². The Labute approximate surface area is 106 Å². The van der Waals surface area contributed by atoms with Crippen LogP contribution in [0.25, 0.3) is 11.3 Å². The van der Waals surface area contributed by atoms with Crippen LogP contribution in [0.15, 0.2) is 30.3 Å². The Bertz CT molecular complexity index is 541. The average molecular weight is 244 g/mol. The lowest BCUT2D eigenvalue weighted by Crippen LogP contribution is -2.01. The van der Waals surface area contributed by atoms with Crippen molar-refractivity contribution in [3.8, 4) is 17.0 Å². The van der Waals surface area contributed by atoms with E-state index in [1.54, 1.807) is 7.11 Å². The zero-order valence-corrected chi connectivity index (χ0v) is 10.6. The highest BCUT2D eigenvalue weighted by atomic mass is 16.5. The summed E-state index contributed by atoms with van der Waals surface area (Å²) >= 11 is 0. The first-order valence-corrected chi connectivity index (χ1v) is 5.83. The maximum atomic E-state index is 8.95. The van der Waals surface area contributed by atoms with E-state index in [1.807, 2.05) is 37.3 Å². The van der Waals surface area contributed by atoms with E-state index in [1.165, 1.54) is 0 Å². The molecule has 0 amide bonds. The summed E-state index contributed by atoms with van der Waals surface area (Å²) in [5.74, 6) is 1.46. The van der Waals surface area contributed by atoms with Gasteiger partial charge in [0.1, 0.15) is 11.6 Å². The van der Waals surface area contributed by atoms with Gasteiger partial charge in [-0.15, -0.1) is 0 Å². The molecule has 2 aromatic rings. The van der Waals surface area contributed by atoms with E-state index in [0.717, 1.165) is 22.7 Å². The normalized spacial score (nSPS) is 10.4. The van der Waals surface area contributed by atoms with Crippen LogP contribution in [0.2, 0.25) is 0 Å². The van der Waals surface area contributed by atoms with Crippen molar-refractivity contribution in [1.29, 1.82) is 0 Å². The molecule has 0 aliphatic rings. The van der Waals surface area contributed by atoms with Crippen LogP contribution in [-0.4, -0.2) is 28.8 Å². The number of rotatable bonds is 4. The number of aliphatic hydroxyl groups excluding tert-OH is 1. The molecule has 0 saturated carbocycles. The maximum Gasteiger partial charge on any atom is 0.131 e. The summed E-state index contributed by atoms with van der Waals surface area (Å²) in [5, 5.41) is 8.95.